The molecule has 2 rings (SSSR count). The van der Waals surface area contributed by atoms with Gasteiger partial charge in [-0.1, -0.05) is 24.3 Å². The number of amides is 1. The minimum absolute atomic E-state index is 0.00724. The van der Waals surface area contributed by atoms with Crippen molar-refractivity contribution in [1.29, 1.82) is 0 Å². The molecule has 0 atom stereocenters. The number of nitrogens with zero attached hydrogens (tertiary/aromatic N) is 1. The Morgan fingerprint density at radius 3 is 2.41 bits per heavy atom. The smallest absolute Gasteiger partial charge is 0.305 e. The summed E-state index contributed by atoms with van der Waals surface area (Å²) < 4.78 is 31.9. The van der Waals surface area contributed by atoms with Crippen molar-refractivity contribution >= 4 is 11.9 Å². The number of carbonyl (C=O) groups excluding carboxylic acids is 1. The summed E-state index contributed by atoms with van der Waals surface area (Å²) in [5, 5.41) is 8.86. The Labute approximate surface area is 156 Å². The molecule has 2 aromatic carbocycles. The molecule has 0 unspecified atom stereocenters. The van der Waals surface area contributed by atoms with Crippen LogP contribution in [0.5, 0.6) is 5.75 Å². The molecule has 7 heteroatoms. The zero-order valence-electron chi connectivity index (χ0n) is 14.7. The van der Waals surface area contributed by atoms with Crippen LogP contribution >= 0.6 is 0 Å². The third-order valence-corrected chi connectivity index (χ3v) is 3.85. The van der Waals surface area contributed by atoms with Crippen molar-refractivity contribution in [3.05, 3.63) is 65.7 Å². The first-order chi connectivity index (χ1) is 13.0. The van der Waals surface area contributed by atoms with Gasteiger partial charge < -0.3 is 14.7 Å². The molecule has 1 amide bonds. The number of ether oxygens (including phenoxy) is 1. The molecule has 0 fully saturated rings. The lowest BCUT2D eigenvalue weighted by Crippen LogP contribution is -2.32. The molecule has 5 nitrogen and oxygen atoms in total. The van der Waals surface area contributed by atoms with Crippen LogP contribution in [0, 0.1) is 11.6 Å². The average Bonchev–Trinajstić information content (AvgIpc) is 2.65. The fraction of sp³-hybridized carbons (Fsp3) is 0.300. The van der Waals surface area contributed by atoms with Crippen LogP contribution in [0.4, 0.5) is 8.78 Å². The van der Waals surface area contributed by atoms with E-state index >= 15 is 0 Å². The van der Waals surface area contributed by atoms with Gasteiger partial charge >= 0.3 is 5.97 Å². The van der Waals surface area contributed by atoms with Gasteiger partial charge in [-0.15, -0.1) is 0 Å². The van der Waals surface area contributed by atoms with Crippen LogP contribution in [0.3, 0.4) is 0 Å². The van der Waals surface area contributed by atoms with Crippen LogP contribution < -0.4 is 4.74 Å². The van der Waals surface area contributed by atoms with Crippen molar-refractivity contribution < 1.29 is 28.2 Å². The summed E-state index contributed by atoms with van der Waals surface area (Å²) in [7, 11) is 0. The molecule has 0 saturated heterocycles. The number of halogens is 2. The van der Waals surface area contributed by atoms with E-state index in [-0.39, 0.29) is 31.8 Å². The molecular weight excluding hydrogens is 356 g/mol. The number of benzene rings is 2. The first kappa shape index (κ1) is 20.4. The summed E-state index contributed by atoms with van der Waals surface area (Å²) in [4.78, 5) is 24.6. The van der Waals surface area contributed by atoms with E-state index in [1.807, 2.05) is 30.3 Å². The number of rotatable bonds is 10. The summed E-state index contributed by atoms with van der Waals surface area (Å²) in [6.07, 6.45) is 0.390. The van der Waals surface area contributed by atoms with Crippen molar-refractivity contribution in [1.82, 2.24) is 4.90 Å². The molecule has 0 aromatic heterocycles. The Hall–Kier alpha value is -2.96. The van der Waals surface area contributed by atoms with E-state index in [4.69, 9.17) is 9.84 Å². The highest BCUT2D eigenvalue weighted by molar-refractivity contribution is 5.77. The van der Waals surface area contributed by atoms with Gasteiger partial charge in [0.05, 0.1) is 13.0 Å². The highest BCUT2D eigenvalue weighted by Crippen LogP contribution is 2.13. The zero-order valence-corrected chi connectivity index (χ0v) is 14.7. The lowest BCUT2D eigenvalue weighted by atomic mass is 10.1. The molecule has 0 radical (unpaired) electrons. The molecule has 144 valence electrons. The van der Waals surface area contributed by atoms with Gasteiger partial charge in [0.2, 0.25) is 5.91 Å². The van der Waals surface area contributed by atoms with E-state index in [9.17, 15) is 18.4 Å². The Balaban J connectivity index is 1.89. The number of carboxylic acids is 1. The summed E-state index contributed by atoms with van der Waals surface area (Å²) in [5.74, 6) is -2.58. The third-order valence-electron chi connectivity index (χ3n) is 3.85. The fourth-order valence-electron chi connectivity index (χ4n) is 2.47. The summed E-state index contributed by atoms with van der Waals surface area (Å²) in [6, 6.07) is 12.5. The second kappa shape index (κ2) is 10.3. The normalized spacial score (nSPS) is 10.4. The molecule has 0 aliphatic rings. The minimum Gasteiger partial charge on any atom is -0.494 e. The van der Waals surface area contributed by atoms with Gasteiger partial charge in [-0.25, -0.2) is 8.78 Å². The van der Waals surface area contributed by atoms with Gasteiger partial charge in [-0.2, -0.15) is 0 Å². The Morgan fingerprint density at radius 2 is 1.74 bits per heavy atom. The van der Waals surface area contributed by atoms with Crippen LogP contribution in [0.1, 0.15) is 24.8 Å². The number of para-hydroxylation sites is 1. The van der Waals surface area contributed by atoms with Crippen LogP contribution in [0.2, 0.25) is 0 Å². The van der Waals surface area contributed by atoms with Crippen molar-refractivity contribution in [2.45, 2.75) is 25.8 Å². The summed E-state index contributed by atoms with van der Waals surface area (Å²) in [5.41, 5.74) is 0.396. The van der Waals surface area contributed by atoms with Crippen LogP contribution in [0.25, 0.3) is 0 Å². The third kappa shape index (κ3) is 7.05. The monoisotopic (exact) mass is 377 g/mol. The predicted molar refractivity (Wildman–Crippen MR) is 95.2 cm³/mol. The van der Waals surface area contributed by atoms with E-state index in [1.165, 1.54) is 11.0 Å². The SMILES string of the molecule is O=C(O)CCN(Cc1ccc(F)c(F)c1)C(=O)CCCOc1ccccc1. The molecule has 0 saturated carbocycles. The van der Waals surface area contributed by atoms with E-state index in [0.717, 1.165) is 12.1 Å². The first-order valence-corrected chi connectivity index (χ1v) is 8.57. The van der Waals surface area contributed by atoms with E-state index in [0.29, 0.717) is 24.3 Å². The van der Waals surface area contributed by atoms with Gasteiger partial charge in [-0.05, 0) is 36.2 Å². The number of hydrogen-bond donors (Lipinski definition) is 1. The first-order valence-electron chi connectivity index (χ1n) is 8.57. The number of carbonyl (C=O) groups is 2. The maximum absolute atomic E-state index is 13.4. The van der Waals surface area contributed by atoms with Crippen molar-refractivity contribution in [2.24, 2.45) is 0 Å². The topological polar surface area (TPSA) is 66.8 Å². The molecule has 0 spiro atoms. The summed E-state index contributed by atoms with van der Waals surface area (Å²) >= 11 is 0. The second-order valence-electron chi connectivity index (χ2n) is 5.97. The molecule has 2 aromatic rings. The van der Waals surface area contributed by atoms with E-state index < -0.39 is 17.6 Å². The molecule has 1 N–H and O–H groups in total. The highest BCUT2D eigenvalue weighted by atomic mass is 19.2. The molecule has 0 heterocycles. The Kier molecular flexibility index (Phi) is 7.73. The van der Waals surface area contributed by atoms with Crippen LogP contribution in [-0.2, 0) is 16.1 Å². The Bertz CT molecular complexity index is 768. The largest absolute Gasteiger partial charge is 0.494 e. The van der Waals surface area contributed by atoms with Crippen molar-refractivity contribution in [3.63, 3.8) is 0 Å². The highest BCUT2D eigenvalue weighted by Gasteiger charge is 2.16. The maximum Gasteiger partial charge on any atom is 0.305 e. The van der Waals surface area contributed by atoms with Crippen LogP contribution in [-0.4, -0.2) is 35.0 Å². The number of aliphatic carboxylic acids is 1. The predicted octanol–water partition coefficient (Wildman–Crippen LogP) is 3.63. The molecular formula is C20H21F2NO4. The van der Waals surface area contributed by atoms with Gasteiger partial charge in [-0.3, -0.25) is 9.59 Å². The lowest BCUT2D eigenvalue weighted by molar-refractivity contribution is -0.138. The molecule has 27 heavy (non-hydrogen) atoms. The second-order valence-corrected chi connectivity index (χ2v) is 5.97. The number of hydrogen-bond acceptors (Lipinski definition) is 3. The van der Waals surface area contributed by atoms with Crippen molar-refractivity contribution in [2.75, 3.05) is 13.2 Å². The average molecular weight is 377 g/mol. The standard InChI is InChI=1S/C20H21F2NO4/c21-17-9-8-15(13-18(17)22)14-23(11-10-20(25)26)19(24)7-4-12-27-16-5-2-1-3-6-16/h1-3,5-6,8-9,13H,4,7,10-12,14H2,(H,25,26). The lowest BCUT2D eigenvalue weighted by Gasteiger charge is -2.22. The van der Waals surface area contributed by atoms with Gasteiger partial charge in [0.1, 0.15) is 5.75 Å². The molecule has 0 aliphatic heterocycles. The van der Waals surface area contributed by atoms with Gasteiger partial charge in [0, 0.05) is 19.5 Å². The fourth-order valence-corrected chi connectivity index (χ4v) is 2.47. The molecule has 0 aliphatic carbocycles. The van der Waals surface area contributed by atoms with Crippen LogP contribution in [0.15, 0.2) is 48.5 Å². The quantitative estimate of drug-likeness (QED) is 0.642. The summed E-state index contributed by atoms with van der Waals surface area (Å²) in [6.45, 7) is 0.350. The Morgan fingerprint density at radius 1 is 1.00 bits per heavy atom. The minimum atomic E-state index is -1.04. The number of carboxylic acid groups (broad SMARTS) is 1. The van der Waals surface area contributed by atoms with E-state index in [1.54, 1.807) is 0 Å². The van der Waals surface area contributed by atoms with E-state index in [2.05, 4.69) is 0 Å². The maximum atomic E-state index is 13.4. The van der Waals surface area contributed by atoms with Crippen molar-refractivity contribution in [3.8, 4) is 5.75 Å². The zero-order chi connectivity index (χ0) is 19.6. The molecule has 0 bridgehead atoms. The van der Waals surface area contributed by atoms with Gasteiger partial charge in [0.15, 0.2) is 11.6 Å². The van der Waals surface area contributed by atoms with Gasteiger partial charge in [0.25, 0.3) is 0 Å².